The third-order valence-electron chi connectivity index (χ3n) is 3.23. The Morgan fingerprint density at radius 2 is 2.00 bits per heavy atom. The Morgan fingerprint density at radius 1 is 1.10 bits per heavy atom. The summed E-state index contributed by atoms with van der Waals surface area (Å²) in [6.45, 7) is 2.94. The second-order valence-electron chi connectivity index (χ2n) is 4.86. The van der Waals surface area contributed by atoms with Gasteiger partial charge in [0.15, 0.2) is 0 Å². The molecule has 20 heavy (non-hydrogen) atoms. The molecule has 0 radical (unpaired) electrons. The van der Waals surface area contributed by atoms with E-state index >= 15 is 0 Å². The highest BCUT2D eigenvalue weighted by molar-refractivity contribution is 5.51. The number of aryl methyl sites for hydroxylation is 1. The van der Waals surface area contributed by atoms with Gasteiger partial charge in [-0.25, -0.2) is 4.98 Å². The van der Waals surface area contributed by atoms with Crippen molar-refractivity contribution in [2.45, 2.75) is 13.5 Å². The SMILES string of the molecule is Cc1cccc(CNc2cccc(-n3ccnc3)c2)c1. The molecule has 0 aliphatic rings. The Hall–Kier alpha value is -2.55. The molecule has 1 N–H and O–H groups in total. The summed E-state index contributed by atoms with van der Waals surface area (Å²) in [7, 11) is 0. The number of aromatic nitrogens is 2. The minimum Gasteiger partial charge on any atom is -0.381 e. The number of anilines is 1. The first kappa shape index (κ1) is 12.5. The molecule has 3 aromatic rings. The predicted molar refractivity (Wildman–Crippen MR) is 82.1 cm³/mol. The average molecular weight is 263 g/mol. The van der Waals surface area contributed by atoms with Crippen LogP contribution in [-0.4, -0.2) is 9.55 Å². The van der Waals surface area contributed by atoms with Crippen LogP contribution in [0.1, 0.15) is 11.1 Å². The van der Waals surface area contributed by atoms with Crippen molar-refractivity contribution in [3.8, 4) is 5.69 Å². The molecule has 0 aliphatic heterocycles. The van der Waals surface area contributed by atoms with Crippen molar-refractivity contribution in [3.05, 3.63) is 78.4 Å². The molecule has 3 heteroatoms. The molecule has 0 amide bonds. The Kier molecular flexibility index (Phi) is 3.50. The van der Waals surface area contributed by atoms with E-state index in [1.54, 1.807) is 12.5 Å². The largest absolute Gasteiger partial charge is 0.381 e. The maximum atomic E-state index is 4.07. The van der Waals surface area contributed by atoms with Gasteiger partial charge in [-0.3, -0.25) is 0 Å². The van der Waals surface area contributed by atoms with E-state index in [1.807, 2.05) is 16.8 Å². The van der Waals surface area contributed by atoms with Gasteiger partial charge in [-0.2, -0.15) is 0 Å². The summed E-state index contributed by atoms with van der Waals surface area (Å²) >= 11 is 0. The lowest BCUT2D eigenvalue weighted by Crippen LogP contribution is -2.00. The number of rotatable bonds is 4. The normalized spacial score (nSPS) is 10.4. The van der Waals surface area contributed by atoms with E-state index in [4.69, 9.17) is 0 Å². The summed E-state index contributed by atoms with van der Waals surface area (Å²) in [5.74, 6) is 0. The van der Waals surface area contributed by atoms with Gasteiger partial charge in [0.05, 0.1) is 6.33 Å². The van der Waals surface area contributed by atoms with Crippen molar-refractivity contribution in [1.29, 1.82) is 0 Å². The lowest BCUT2D eigenvalue weighted by Gasteiger charge is -2.09. The van der Waals surface area contributed by atoms with Crippen molar-refractivity contribution in [1.82, 2.24) is 9.55 Å². The van der Waals surface area contributed by atoms with Crippen molar-refractivity contribution in [2.75, 3.05) is 5.32 Å². The van der Waals surface area contributed by atoms with Crippen molar-refractivity contribution < 1.29 is 0 Å². The van der Waals surface area contributed by atoms with Gasteiger partial charge in [0.1, 0.15) is 0 Å². The Bertz CT molecular complexity index is 687. The van der Waals surface area contributed by atoms with Gasteiger partial charge in [-0.15, -0.1) is 0 Å². The first-order chi connectivity index (χ1) is 9.81. The van der Waals surface area contributed by atoms with E-state index in [-0.39, 0.29) is 0 Å². The zero-order valence-corrected chi connectivity index (χ0v) is 11.5. The van der Waals surface area contributed by atoms with Crippen molar-refractivity contribution >= 4 is 5.69 Å². The number of hydrogen-bond acceptors (Lipinski definition) is 2. The third kappa shape index (κ3) is 2.88. The minimum atomic E-state index is 0.828. The number of imidazole rings is 1. The van der Waals surface area contributed by atoms with Crippen LogP contribution >= 0.6 is 0 Å². The average Bonchev–Trinajstić information content (AvgIpc) is 3.00. The molecule has 0 aliphatic carbocycles. The predicted octanol–water partition coefficient (Wildman–Crippen LogP) is 3.79. The van der Waals surface area contributed by atoms with Crippen LogP contribution in [0.5, 0.6) is 0 Å². The van der Waals surface area contributed by atoms with Crippen LogP contribution in [0, 0.1) is 6.92 Å². The van der Waals surface area contributed by atoms with E-state index in [1.165, 1.54) is 11.1 Å². The van der Waals surface area contributed by atoms with Crippen LogP contribution in [0.25, 0.3) is 5.69 Å². The van der Waals surface area contributed by atoms with Crippen LogP contribution < -0.4 is 5.32 Å². The number of benzene rings is 2. The molecular weight excluding hydrogens is 246 g/mol. The monoisotopic (exact) mass is 263 g/mol. The molecule has 0 bridgehead atoms. The molecule has 0 atom stereocenters. The lowest BCUT2D eigenvalue weighted by atomic mass is 10.1. The maximum absolute atomic E-state index is 4.07. The first-order valence-electron chi connectivity index (χ1n) is 6.69. The highest BCUT2D eigenvalue weighted by atomic mass is 15.0. The fourth-order valence-corrected chi connectivity index (χ4v) is 2.21. The lowest BCUT2D eigenvalue weighted by molar-refractivity contribution is 1.05. The van der Waals surface area contributed by atoms with Gasteiger partial charge in [0, 0.05) is 30.3 Å². The van der Waals surface area contributed by atoms with Gasteiger partial charge in [-0.1, -0.05) is 35.9 Å². The first-order valence-corrected chi connectivity index (χ1v) is 6.69. The molecule has 0 fully saturated rings. The van der Waals surface area contributed by atoms with Crippen LogP contribution in [-0.2, 0) is 6.54 Å². The maximum Gasteiger partial charge on any atom is 0.0991 e. The van der Waals surface area contributed by atoms with E-state index in [2.05, 4.69) is 59.7 Å². The fraction of sp³-hybridized carbons (Fsp3) is 0.118. The van der Waals surface area contributed by atoms with Crippen LogP contribution in [0.4, 0.5) is 5.69 Å². The zero-order valence-electron chi connectivity index (χ0n) is 11.5. The quantitative estimate of drug-likeness (QED) is 0.776. The van der Waals surface area contributed by atoms with E-state index in [0.29, 0.717) is 0 Å². The molecule has 1 aromatic heterocycles. The topological polar surface area (TPSA) is 29.9 Å². The molecule has 3 rings (SSSR count). The van der Waals surface area contributed by atoms with Crippen LogP contribution in [0.15, 0.2) is 67.3 Å². The molecule has 1 heterocycles. The number of nitrogens with zero attached hydrogens (tertiary/aromatic N) is 2. The zero-order chi connectivity index (χ0) is 13.8. The van der Waals surface area contributed by atoms with Crippen LogP contribution in [0.3, 0.4) is 0 Å². The highest BCUT2D eigenvalue weighted by Crippen LogP contribution is 2.15. The van der Waals surface area contributed by atoms with Crippen LogP contribution in [0.2, 0.25) is 0 Å². The molecule has 0 saturated heterocycles. The minimum absolute atomic E-state index is 0.828. The second-order valence-corrected chi connectivity index (χ2v) is 4.86. The van der Waals surface area contributed by atoms with Crippen molar-refractivity contribution in [3.63, 3.8) is 0 Å². The molecule has 0 unspecified atom stereocenters. The molecule has 2 aromatic carbocycles. The molecule has 0 saturated carbocycles. The Morgan fingerprint density at radius 3 is 2.80 bits per heavy atom. The summed E-state index contributed by atoms with van der Waals surface area (Å²) in [6, 6.07) is 16.9. The summed E-state index contributed by atoms with van der Waals surface area (Å²) in [4.78, 5) is 4.07. The van der Waals surface area contributed by atoms with Crippen molar-refractivity contribution in [2.24, 2.45) is 0 Å². The molecular formula is C17H17N3. The van der Waals surface area contributed by atoms with Gasteiger partial charge in [0.25, 0.3) is 0 Å². The second kappa shape index (κ2) is 5.61. The van der Waals surface area contributed by atoms with Gasteiger partial charge < -0.3 is 9.88 Å². The summed E-state index contributed by atoms with van der Waals surface area (Å²) in [5, 5.41) is 3.46. The van der Waals surface area contributed by atoms with E-state index in [9.17, 15) is 0 Å². The molecule has 100 valence electrons. The van der Waals surface area contributed by atoms with E-state index < -0.39 is 0 Å². The Balaban J connectivity index is 1.73. The fourth-order valence-electron chi connectivity index (χ4n) is 2.21. The summed E-state index contributed by atoms with van der Waals surface area (Å²) < 4.78 is 2.00. The van der Waals surface area contributed by atoms with Gasteiger partial charge >= 0.3 is 0 Å². The Labute approximate surface area is 118 Å². The van der Waals surface area contributed by atoms with Gasteiger partial charge in [0.2, 0.25) is 0 Å². The highest BCUT2D eigenvalue weighted by Gasteiger charge is 1.98. The molecule has 3 nitrogen and oxygen atoms in total. The number of nitrogens with one attached hydrogen (secondary N) is 1. The third-order valence-corrected chi connectivity index (χ3v) is 3.23. The number of hydrogen-bond donors (Lipinski definition) is 1. The van der Waals surface area contributed by atoms with E-state index in [0.717, 1.165) is 17.9 Å². The summed E-state index contributed by atoms with van der Waals surface area (Å²) in [5.41, 5.74) is 4.80. The molecule has 0 spiro atoms. The standard InChI is InChI=1S/C17H17N3/c1-14-4-2-5-15(10-14)12-19-16-6-3-7-17(11-16)20-9-8-18-13-20/h2-11,13,19H,12H2,1H3. The van der Waals surface area contributed by atoms with Gasteiger partial charge in [-0.05, 0) is 30.7 Å². The summed E-state index contributed by atoms with van der Waals surface area (Å²) in [6.07, 6.45) is 5.53. The smallest absolute Gasteiger partial charge is 0.0991 e.